The van der Waals surface area contributed by atoms with Crippen LogP contribution in [0.5, 0.6) is 5.75 Å². The number of hydrogen-bond donors (Lipinski definition) is 1. The van der Waals surface area contributed by atoms with Crippen molar-refractivity contribution in [3.05, 3.63) is 32.8 Å². The summed E-state index contributed by atoms with van der Waals surface area (Å²) in [6.07, 6.45) is 8.91. The van der Waals surface area contributed by atoms with Gasteiger partial charge in [-0.25, -0.2) is 5.43 Å². The maximum atomic E-state index is 12.4. The Balaban J connectivity index is 1.41. The first kappa shape index (κ1) is 18.2. The summed E-state index contributed by atoms with van der Waals surface area (Å²) in [7, 11) is 0. The van der Waals surface area contributed by atoms with E-state index >= 15 is 0 Å². The first-order chi connectivity index (χ1) is 12.8. The van der Waals surface area contributed by atoms with E-state index in [0.717, 1.165) is 49.3 Å². The van der Waals surface area contributed by atoms with Gasteiger partial charge in [0.25, 0.3) is 5.69 Å². The molecule has 27 heavy (non-hydrogen) atoms. The van der Waals surface area contributed by atoms with E-state index in [4.69, 9.17) is 11.6 Å². The number of halogens is 1. The van der Waals surface area contributed by atoms with Gasteiger partial charge in [0.2, 0.25) is 5.91 Å². The number of nitrogens with zero attached hydrogens (tertiary/aromatic N) is 2. The van der Waals surface area contributed by atoms with Crippen LogP contribution in [0.1, 0.15) is 50.5 Å². The summed E-state index contributed by atoms with van der Waals surface area (Å²) in [4.78, 5) is 22.5. The van der Waals surface area contributed by atoms with Gasteiger partial charge < -0.3 is 5.11 Å². The molecule has 0 radical (unpaired) electrons. The van der Waals surface area contributed by atoms with Crippen LogP contribution in [0.4, 0.5) is 5.69 Å². The van der Waals surface area contributed by atoms with Crippen LogP contribution in [-0.2, 0) is 4.79 Å². The smallest absolute Gasteiger partial charge is 0.263 e. The highest BCUT2D eigenvalue weighted by atomic mass is 35.5. The van der Waals surface area contributed by atoms with Crippen LogP contribution in [0.15, 0.2) is 17.2 Å². The van der Waals surface area contributed by atoms with Crippen molar-refractivity contribution in [2.45, 2.75) is 44.9 Å². The van der Waals surface area contributed by atoms with Crippen LogP contribution in [-0.4, -0.2) is 17.0 Å². The number of carbonyl (C=O) groups is 1. The summed E-state index contributed by atoms with van der Waals surface area (Å²) in [5.74, 6) is 1.36. The van der Waals surface area contributed by atoms with Gasteiger partial charge in [0.05, 0.1) is 11.1 Å². The van der Waals surface area contributed by atoms with Crippen molar-refractivity contribution < 1.29 is 14.8 Å². The number of benzene rings is 1. The summed E-state index contributed by atoms with van der Waals surface area (Å²) in [6.45, 7) is 0. The summed E-state index contributed by atoms with van der Waals surface area (Å²) >= 11 is 5.82. The Bertz CT molecular complexity index is 788. The fourth-order valence-electron chi connectivity index (χ4n) is 5.89. The third-order valence-corrected chi connectivity index (χ3v) is 6.57. The number of nitrogens with one attached hydrogen (secondary N) is 1. The predicted molar refractivity (Wildman–Crippen MR) is 98.5 cm³/mol. The molecule has 4 bridgehead atoms. The standard InChI is InChI=1S/C19H22ClN3O4/c20-15-4-14(18(25)16(5-15)23(26)27)10-21-22-17(24)9-19-6-11-1-12(7-19)3-13(2-11)8-19/h4-5,10-13,25H,1-3,6-9H2,(H,22,24)/p-1/b21-10-. The minimum Gasteiger partial charge on any atom is -0.867 e. The summed E-state index contributed by atoms with van der Waals surface area (Å²) < 4.78 is 0. The van der Waals surface area contributed by atoms with Crippen molar-refractivity contribution in [2.24, 2.45) is 28.3 Å². The molecule has 1 aromatic carbocycles. The molecule has 4 saturated carbocycles. The Morgan fingerprint density at radius 1 is 1.26 bits per heavy atom. The molecular formula is C19H21ClN3O4-. The molecule has 7 nitrogen and oxygen atoms in total. The maximum Gasteiger partial charge on any atom is 0.263 e. The molecule has 8 heteroatoms. The van der Waals surface area contributed by atoms with Crippen molar-refractivity contribution in [3.8, 4) is 5.75 Å². The van der Waals surface area contributed by atoms with E-state index in [9.17, 15) is 20.0 Å². The zero-order valence-electron chi connectivity index (χ0n) is 14.8. The summed E-state index contributed by atoms with van der Waals surface area (Å²) in [5.41, 5.74) is 1.95. The molecule has 1 amide bonds. The lowest BCUT2D eigenvalue weighted by atomic mass is 9.49. The number of rotatable bonds is 5. The number of carbonyl (C=O) groups excluding carboxylic acids is 1. The number of amides is 1. The van der Waals surface area contributed by atoms with Crippen molar-refractivity contribution >= 4 is 29.4 Å². The van der Waals surface area contributed by atoms with E-state index in [1.165, 1.54) is 25.3 Å². The highest BCUT2D eigenvalue weighted by Gasteiger charge is 2.51. The molecule has 0 aliphatic heterocycles. The normalized spacial score (nSPS) is 31.4. The van der Waals surface area contributed by atoms with E-state index in [1.807, 2.05) is 0 Å². The average molecular weight is 391 g/mol. The molecule has 4 aliphatic carbocycles. The third-order valence-electron chi connectivity index (χ3n) is 6.35. The lowest BCUT2D eigenvalue weighted by molar-refractivity contribution is -0.398. The molecule has 0 saturated heterocycles. The fourth-order valence-corrected chi connectivity index (χ4v) is 6.11. The Morgan fingerprint density at radius 3 is 2.41 bits per heavy atom. The molecule has 0 heterocycles. The second-order valence-electron chi connectivity index (χ2n) is 8.49. The minimum atomic E-state index is -0.781. The van der Waals surface area contributed by atoms with E-state index in [0.29, 0.717) is 6.42 Å². The molecule has 0 unspecified atom stereocenters. The van der Waals surface area contributed by atoms with Crippen LogP contribution in [0.25, 0.3) is 0 Å². The monoisotopic (exact) mass is 390 g/mol. The largest absolute Gasteiger partial charge is 0.867 e. The highest BCUT2D eigenvalue weighted by molar-refractivity contribution is 6.31. The SMILES string of the molecule is O=C(CC12CC3CC(CC(C3)C1)C2)N/N=C\c1cc(Cl)cc([N+](=O)[O-])c1[O-]. The molecule has 4 aliphatic rings. The van der Waals surface area contributed by atoms with Gasteiger partial charge in [-0.1, -0.05) is 11.6 Å². The molecular weight excluding hydrogens is 370 g/mol. The Kier molecular flexibility index (Phi) is 4.58. The molecule has 4 fully saturated rings. The molecule has 0 spiro atoms. The number of hydrazone groups is 1. The lowest BCUT2D eigenvalue weighted by Gasteiger charge is -2.56. The quantitative estimate of drug-likeness (QED) is 0.472. The summed E-state index contributed by atoms with van der Waals surface area (Å²) in [6, 6.07) is 2.30. The van der Waals surface area contributed by atoms with E-state index in [1.54, 1.807) is 0 Å². The number of nitro benzene ring substituents is 1. The first-order valence-corrected chi connectivity index (χ1v) is 9.68. The molecule has 144 valence electrons. The predicted octanol–water partition coefficient (Wildman–Crippen LogP) is 3.38. The second-order valence-corrected chi connectivity index (χ2v) is 8.92. The number of hydrogen-bond acceptors (Lipinski definition) is 5. The van der Waals surface area contributed by atoms with Gasteiger partial charge in [-0.3, -0.25) is 14.9 Å². The van der Waals surface area contributed by atoms with Crippen molar-refractivity contribution in [2.75, 3.05) is 0 Å². The van der Waals surface area contributed by atoms with E-state index < -0.39 is 16.4 Å². The van der Waals surface area contributed by atoms with Crippen molar-refractivity contribution in [1.29, 1.82) is 0 Å². The van der Waals surface area contributed by atoms with Gasteiger partial charge in [-0.2, -0.15) is 5.10 Å². The van der Waals surface area contributed by atoms with Crippen LogP contribution in [0, 0.1) is 33.3 Å². The molecule has 1 N–H and O–H groups in total. The van der Waals surface area contributed by atoms with Gasteiger partial charge in [0.1, 0.15) is 0 Å². The van der Waals surface area contributed by atoms with E-state index in [-0.39, 0.29) is 21.9 Å². The zero-order valence-corrected chi connectivity index (χ0v) is 15.6. The van der Waals surface area contributed by atoms with Crippen LogP contribution < -0.4 is 10.5 Å². The van der Waals surface area contributed by atoms with Crippen molar-refractivity contribution in [1.82, 2.24) is 5.43 Å². The Hall–Kier alpha value is -2.15. The fraction of sp³-hybridized carbons (Fsp3) is 0.579. The Morgan fingerprint density at radius 2 is 1.85 bits per heavy atom. The lowest BCUT2D eigenvalue weighted by Crippen LogP contribution is -2.47. The average Bonchev–Trinajstić information content (AvgIpc) is 2.55. The summed E-state index contributed by atoms with van der Waals surface area (Å²) in [5, 5.41) is 26.8. The van der Waals surface area contributed by atoms with Gasteiger partial charge in [0, 0.05) is 17.5 Å². The second kappa shape index (κ2) is 6.78. The van der Waals surface area contributed by atoms with Crippen LogP contribution in [0.2, 0.25) is 5.02 Å². The number of nitro groups is 1. The van der Waals surface area contributed by atoms with Gasteiger partial charge in [-0.05, 0) is 79.1 Å². The third kappa shape index (κ3) is 3.65. The van der Waals surface area contributed by atoms with Crippen LogP contribution >= 0.6 is 11.6 Å². The van der Waals surface area contributed by atoms with E-state index in [2.05, 4.69) is 10.5 Å². The molecule has 5 rings (SSSR count). The zero-order chi connectivity index (χ0) is 19.2. The van der Waals surface area contributed by atoms with Crippen LogP contribution in [0.3, 0.4) is 0 Å². The van der Waals surface area contributed by atoms with Gasteiger partial charge in [0.15, 0.2) is 0 Å². The highest BCUT2D eigenvalue weighted by Crippen LogP contribution is 2.61. The maximum absolute atomic E-state index is 12.4. The van der Waals surface area contributed by atoms with Gasteiger partial charge >= 0.3 is 0 Å². The molecule has 0 aromatic heterocycles. The first-order valence-electron chi connectivity index (χ1n) is 9.30. The molecule has 0 atom stereocenters. The molecule has 1 aromatic rings. The topological polar surface area (TPSA) is 108 Å². The van der Waals surface area contributed by atoms with Gasteiger partial charge in [-0.15, -0.1) is 0 Å². The Labute approximate surface area is 161 Å². The minimum absolute atomic E-state index is 0.0238. The van der Waals surface area contributed by atoms with Crippen molar-refractivity contribution in [3.63, 3.8) is 0 Å².